The van der Waals surface area contributed by atoms with Crippen LogP contribution in [0.3, 0.4) is 0 Å². The standard InChI is InChI=1S/C21H25N9O/c1-4-29-18(5-11(2)28-29)21-25-20(26-27-21)15-6-12(19(22)31)7-17-16(15)10-24-30(17)14-8-13(9-14)23-3/h5-7,10,13-14,23H,4,8-9H2,1-3H3,(H2,22,31)(H,25,26,27)/t13-,14+. The topological polar surface area (TPSA) is 132 Å². The fourth-order valence-electron chi connectivity index (χ4n) is 4.27. The van der Waals surface area contributed by atoms with E-state index >= 15 is 0 Å². The molecule has 0 spiro atoms. The van der Waals surface area contributed by atoms with Crippen LogP contribution in [-0.4, -0.2) is 53.7 Å². The van der Waals surface area contributed by atoms with Crippen molar-refractivity contribution in [3.63, 3.8) is 0 Å². The molecule has 31 heavy (non-hydrogen) atoms. The lowest BCUT2D eigenvalue weighted by atomic mass is 9.87. The third-order valence-electron chi connectivity index (χ3n) is 6.05. The van der Waals surface area contributed by atoms with Gasteiger partial charge in [-0.05, 0) is 51.9 Å². The van der Waals surface area contributed by atoms with Gasteiger partial charge in [0.25, 0.3) is 0 Å². The molecule has 4 N–H and O–H groups in total. The van der Waals surface area contributed by atoms with Crippen molar-refractivity contribution < 1.29 is 4.79 Å². The van der Waals surface area contributed by atoms with E-state index in [0.717, 1.165) is 47.2 Å². The van der Waals surface area contributed by atoms with E-state index in [4.69, 9.17) is 5.73 Å². The summed E-state index contributed by atoms with van der Waals surface area (Å²) in [6.07, 6.45) is 3.82. The average Bonchev–Trinajstić information content (AvgIpc) is 3.44. The second kappa shape index (κ2) is 7.31. The summed E-state index contributed by atoms with van der Waals surface area (Å²) in [4.78, 5) is 15.3. The molecule has 0 atom stereocenters. The number of fused-ring (bicyclic) bond motifs is 1. The van der Waals surface area contributed by atoms with Gasteiger partial charge >= 0.3 is 0 Å². The zero-order chi connectivity index (χ0) is 21.7. The number of primary amides is 1. The molecule has 0 saturated heterocycles. The van der Waals surface area contributed by atoms with Crippen molar-refractivity contribution in [3.8, 4) is 22.9 Å². The molecule has 1 saturated carbocycles. The first-order chi connectivity index (χ1) is 15.0. The van der Waals surface area contributed by atoms with Crippen molar-refractivity contribution >= 4 is 16.8 Å². The number of nitrogens with two attached hydrogens (primary N) is 1. The molecular formula is C21H25N9O. The third-order valence-corrected chi connectivity index (χ3v) is 6.05. The number of aromatic nitrogens is 7. The number of carbonyl (C=O) groups excluding carboxylic acids is 1. The van der Waals surface area contributed by atoms with Gasteiger partial charge in [0.1, 0.15) is 5.69 Å². The minimum atomic E-state index is -0.489. The number of H-pyrrole nitrogens is 1. The molecule has 3 aromatic heterocycles. The fraction of sp³-hybridized carbons (Fsp3) is 0.381. The van der Waals surface area contributed by atoms with Gasteiger partial charge < -0.3 is 16.0 Å². The van der Waals surface area contributed by atoms with Crippen LogP contribution in [0.2, 0.25) is 0 Å². The summed E-state index contributed by atoms with van der Waals surface area (Å²) in [5, 5.41) is 22.0. The maximum absolute atomic E-state index is 12.1. The molecule has 1 aliphatic carbocycles. The van der Waals surface area contributed by atoms with Gasteiger partial charge in [-0.15, -0.1) is 10.2 Å². The maximum Gasteiger partial charge on any atom is 0.248 e. The highest BCUT2D eigenvalue weighted by molar-refractivity contribution is 6.02. The van der Waals surface area contributed by atoms with E-state index in [1.54, 1.807) is 6.07 Å². The van der Waals surface area contributed by atoms with E-state index < -0.39 is 5.91 Å². The first-order valence-electron chi connectivity index (χ1n) is 10.4. The number of aromatic amines is 1. The van der Waals surface area contributed by atoms with E-state index in [0.29, 0.717) is 23.3 Å². The monoisotopic (exact) mass is 419 g/mol. The first kappa shape index (κ1) is 19.4. The average molecular weight is 419 g/mol. The lowest BCUT2D eigenvalue weighted by molar-refractivity contribution is 0.100. The smallest absolute Gasteiger partial charge is 0.248 e. The van der Waals surface area contributed by atoms with Crippen LogP contribution < -0.4 is 11.1 Å². The number of amides is 1. The zero-order valence-electron chi connectivity index (χ0n) is 17.8. The molecule has 0 radical (unpaired) electrons. The van der Waals surface area contributed by atoms with Crippen LogP contribution in [0.15, 0.2) is 24.4 Å². The number of hydrogen-bond acceptors (Lipinski definition) is 6. The summed E-state index contributed by atoms with van der Waals surface area (Å²) >= 11 is 0. The summed E-state index contributed by atoms with van der Waals surface area (Å²) in [5.41, 5.74) is 9.46. The van der Waals surface area contributed by atoms with E-state index in [1.165, 1.54) is 0 Å². The number of aryl methyl sites for hydroxylation is 2. The van der Waals surface area contributed by atoms with Crippen molar-refractivity contribution in [3.05, 3.63) is 35.7 Å². The second-order valence-corrected chi connectivity index (χ2v) is 8.03. The molecule has 5 rings (SSSR count). The van der Waals surface area contributed by atoms with Gasteiger partial charge in [-0.3, -0.25) is 14.2 Å². The molecule has 1 aromatic carbocycles. The second-order valence-electron chi connectivity index (χ2n) is 8.03. The molecule has 0 bridgehead atoms. The van der Waals surface area contributed by atoms with Crippen molar-refractivity contribution in [1.82, 2.24) is 40.1 Å². The minimum Gasteiger partial charge on any atom is -0.366 e. The summed E-state index contributed by atoms with van der Waals surface area (Å²) in [6, 6.07) is 6.31. The number of hydrogen-bond donors (Lipinski definition) is 3. The molecule has 10 heteroatoms. The third kappa shape index (κ3) is 3.19. The Morgan fingerprint density at radius 3 is 2.74 bits per heavy atom. The Hall–Kier alpha value is -3.53. The Morgan fingerprint density at radius 2 is 2.03 bits per heavy atom. The van der Waals surface area contributed by atoms with Gasteiger partial charge in [0.2, 0.25) is 5.91 Å². The number of carbonyl (C=O) groups is 1. The zero-order valence-corrected chi connectivity index (χ0v) is 17.8. The summed E-state index contributed by atoms with van der Waals surface area (Å²) in [7, 11) is 1.97. The van der Waals surface area contributed by atoms with Crippen LogP contribution >= 0.6 is 0 Å². The Morgan fingerprint density at radius 1 is 1.26 bits per heavy atom. The molecule has 3 heterocycles. The Bertz CT molecular complexity index is 1280. The van der Waals surface area contributed by atoms with Crippen molar-refractivity contribution in [2.24, 2.45) is 5.73 Å². The Labute approximate surface area is 178 Å². The van der Waals surface area contributed by atoms with Crippen LogP contribution in [0, 0.1) is 6.92 Å². The normalized spacial score (nSPS) is 18.4. The summed E-state index contributed by atoms with van der Waals surface area (Å²) in [6.45, 7) is 4.70. The largest absolute Gasteiger partial charge is 0.366 e. The minimum absolute atomic E-state index is 0.290. The fourth-order valence-corrected chi connectivity index (χ4v) is 4.27. The molecule has 1 fully saturated rings. The Balaban J connectivity index is 1.61. The highest BCUT2D eigenvalue weighted by Crippen LogP contribution is 2.36. The van der Waals surface area contributed by atoms with Gasteiger partial charge in [-0.1, -0.05) is 0 Å². The van der Waals surface area contributed by atoms with Crippen LogP contribution in [0.4, 0.5) is 0 Å². The van der Waals surface area contributed by atoms with Crippen molar-refractivity contribution in [2.75, 3.05) is 7.05 Å². The van der Waals surface area contributed by atoms with Gasteiger partial charge in [0.05, 0.1) is 23.4 Å². The number of nitrogens with one attached hydrogen (secondary N) is 2. The molecule has 4 aromatic rings. The number of benzene rings is 1. The van der Waals surface area contributed by atoms with E-state index in [9.17, 15) is 4.79 Å². The molecule has 10 nitrogen and oxygen atoms in total. The van der Waals surface area contributed by atoms with Gasteiger partial charge in [-0.25, -0.2) is 0 Å². The predicted molar refractivity (Wildman–Crippen MR) is 116 cm³/mol. The van der Waals surface area contributed by atoms with Crippen molar-refractivity contribution in [1.29, 1.82) is 0 Å². The van der Waals surface area contributed by atoms with Crippen molar-refractivity contribution in [2.45, 2.75) is 45.3 Å². The van der Waals surface area contributed by atoms with Gasteiger partial charge in [0, 0.05) is 29.1 Å². The lowest BCUT2D eigenvalue weighted by Crippen LogP contribution is -2.40. The summed E-state index contributed by atoms with van der Waals surface area (Å²) in [5.74, 6) is 0.696. The van der Waals surface area contributed by atoms with Crippen LogP contribution in [0.25, 0.3) is 33.8 Å². The number of rotatable bonds is 6. The lowest BCUT2D eigenvalue weighted by Gasteiger charge is -2.35. The Kier molecular flexibility index (Phi) is 4.58. The SMILES string of the molecule is CCn1nc(C)cc1-c1nnc(-c2cc(C(N)=O)cc3c2cnn3[C@H]2C[C@@H](NC)C2)[nH]1. The van der Waals surface area contributed by atoms with Crippen LogP contribution in [0.5, 0.6) is 0 Å². The molecule has 0 unspecified atom stereocenters. The highest BCUT2D eigenvalue weighted by atomic mass is 16.1. The molecule has 160 valence electrons. The molecule has 1 amide bonds. The predicted octanol–water partition coefficient (Wildman–Crippen LogP) is 2.04. The van der Waals surface area contributed by atoms with E-state index in [-0.39, 0.29) is 6.04 Å². The van der Waals surface area contributed by atoms with Crippen LogP contribution in [0.1, 0.15) is 41.9 Å². The quantitative estimate of drug-likeness (QED) is 0.438. The highest BCUT2D eigenvalue weighted by Gasteiger charge is 2.31. The first-order valence-corrected chi connectivity index (χ1v) is 10.4. The molecule has 1 aliphatic rings. The van der Waals surface area contributed by atoms with Gasteiger partial charge in [0.15, 0.2) is 11.6 Å². The maximum atomic E-state index is 12.1. The number of nitrogens with zero attached hydrogens (tertiary/aromatic N) is 6. The molecular weight excluding hydrogens is 394 g/mol. The summed E-state index contributed by atoms with van der Waals surface area (Å²) < 4.78 is 3.87. The van der Waals surface area contributed by atoms with Crippen LogP contribution in [-0.2, 0) is 6.54 Å². The van der Waals surface area contributed by atoms with E-state index in [2.05, 4.69) is 30.7 Å². The van der Waals surface area contributed by atoms with Gasteiger partial charge in [-0.2, -0.15) is 10.2 Å². The van der Waals surface area contributed by atoms with E-state index in [1.807, 2.05) is 48.6 Å². The molecule has 0 aliphatic heterocycles.